The molecule has 1 spiro atoms. The second kappa shape index (κ2) is 7.08. The van der Waals surface area contributed by atoms with Gasteiger partial charge in [0.05, 0.1) is 18.8 Å². The maximum atomic E-state index is 12.9. The molecule has 2 aliphatic rings. The number of aromatic nitrogens is 2. The van der Waals surface area contributed by atoms with Crippen LogP contribution in [0.15, 0.2) is 54.4 Å². The minimum Gasteiger partial charge on any atom is -0.370 e. The van der Waals surface area contributed by atoms with Gasteiger partial charge in [0, 0.05) is 31.0 Å². The van der Waals surface area contributed by atoms with Crippen LogP contribution in [0.2, 0.25) is 0 Å². The number of rotatable bonds is 3. The number of hydrogen-bond donors (Lipinski definition) is 0. The van der Waals surface area contributed by atoms with E-state index in [4.69, 9.17) is 4.74 Å². The highest BCUT2D eigenvalue weighted by Gasteiger charge is 2.36. The number of likely N-dealkylation sites (tertiary alicyclic amines) is 1. The minimum atomic E-state index is -0.152. The molecule has 0 saturated carbocycles. The molecule has 5 heteroatoms. The fraction of sp³-hybridized carbons (Fsp3) is 0.429. The van der Waals surface area contributed by atoms with Crippen molar-refractivity contribution in [2.75, 3.05) is 19.7 Å². The van der Waals surface area contributed by atoms with Gasteiger partial charge in [0.1, 0.15) is 0 Å². The van der Waals surface area contributed by atoms with E-state index in [-0.39, 0.29) is 11.5 Å². The molecule has 0 unspecified atom stereocenters. The van der Waals surface area contributed by atoms with Crippen molar-refractivity contribution in [3.63, 3.8) is 0 Å². The molecule has 26 heavy (non-hydrogen) atoms. The van der Waals surface area contributed by atoms with Gasteiger partial charge in [-0.2, -0.15) is 5.10 Å². The molecule has 1 amide bonds. The van der Waals surface area contributed by atoms with Crippen LogP contribution in [0.4, 0.5) is 0 Å². The van der Waals surface area contributed by atoms with Gasteiger partial charge < -0.3 is 9.64 Å². The van der Waals surface area contributed by atoms with E-state index in [1.54, 1.807) is 6.20 Å². The molecule has 136 valence electrons. The largest absolute Gasteiger partial charge is 0.370 e. The van der Waals surface area contributed by atoms with Crippen molar-refractivity contribution < 1.29 is 9.53 Å². The van der Waals surface area contributed by atoms with E-state index in [9.17, 15) is 4.79 Å². The summed E-state index contributed by atoms with van der Waals surface area (Å²) in [6.07, 6.45) is 8.75. The quantitative estimate of drug-likeness (QED) is 0.798. The first kappa shape index (κ1) is 17.0. The summed E-state index contributed by atoms with van der Waals surface area (Å²) in [4.78, 5) is 14.9. The van der Waals surface area contributed by atoms with Crippen LogP contribution in [-0.2, 0) is 11.3 Å². The molecule has 3 heterocycles. The molecule has 0 radical (unpaired) electrons. The van der Waals surface area contributed by atoms with Crippen molar-refractivity contribution in [3.05, 3.63) is 65.5 Å². The third-order valence-electron chi connectivity index (χ3n) is 5.37. The third-order valence-corrected chi connectivity index (χ3v) is 5.37. The molecular formula is C21H25N3O2. The summed E-state index contributed by atoms with van der Waals surface area (Å²) in [5.41, 5.74) is 3.09. The molecule has 0 atom stereocenters. The number of nitrogens with zero attached hydrogens (tertiary/aromatic N) is 3. The minimum absolute atomic E-state index is 0.110. The Morgan fingerprint density at radius 3 is 2.85 bits per heavy atom. The molecule has 1 saturated heterocycles. The van der Waals surface area contributed by atoms with Gasteiger partial charge in [0.25, 0.3) is 5.91 Å². The lowest BCUT2D eigenvalue weighted by atomic mass is 9.87. The third kappa shape index (κ3) is 3.58. The molecule has 0 N–H and O–H groups in total. The second-order valence-corrected chi connectivity index (χ2v) is 7.35. The first-order chi connectivity index (χ1) is 12.6. The van der Waals surface area contributed by atoms with Gasteiger partial charge in [-0.05, 0) is 49.9 Å². The number of amides is 1. The Bertz CT molecular complexity index is 802. The van der Waals surface area contributed by atoms with Crippen LogP contribution in [-0.4, -0.2) is 45.9 Å². The Kier molecular flexibility index (Phi) is 4.64. The van der Waals surface area contributed by atoms with E-state index in [0.717, 1.165) is 50.1 Å². The average molecular weight is 351 g/mol. The number of carbonyl (C=O) groups is 1. The summed E-state index contributed by atoms with van der Waals surface area (Å²) in [5, 5.41) is 4.23. The Hall–Kier alpha value is -2.40. The van der Waals surface area contributed by atoms with Crippen LogP contribution < -0.4 is 0 Å². The number of benzene rings is 1. The van der Waals surface area contributed by atoms with Gasteiger partial charge in [-0.3, -0.25) is 9.48 Å². The number of hydrogen-bond acceptors (Lipinski definition) is 3. The Morgan fingerprint density at radius 1 is 1.27 bits per heavy atom. The molecule has 2 aliphatic heterocycles. The van der Waals surface area contributed by atoms with E-state index in [0.29, 0.717) is 6.54 Å². The van der Waals surface area contributed by atoms with Gasteiger partial charge in [-0.25, -0.2) is 0 Å². The van der Waals surface area contributed by atoms with Gasteiger partial charge >= 0.3 is 0 Å². The highest BCUT2D eigenvalue weighted by atomic mass is 16.5. The summed E-state index contributed by atoms with van der Waals surface area (Å²) < 4.78 is 7.93. The lowest BCUT2D eigenvalue weighted by Crippen LogP contribution is -2.48. The molecule has 1 aromatic carbocycles. The summed E-state index contributed by atoms with van der Waals surface area (Å²) in [7, 11) is 0. The van der Waals surface area contributed by atoms with Crippen LogP contribution >= 0.6 is 0 Å². The van der Waals surface area contributed by atoms with Gasteiger partial charge in [-0.1, -0.05) is 23.8 Å². The predicted octanol–water partition coefficient (Wildman–Crippen LogP) is 3.27. The van der Waals surface area contributed by atoms with Crippen molar-refractivity contribution in [3.8, 4) is 0 Å². The van der Waals surface area contributed by atoms with Gasteiger partial charge in [-0.15, -0.1) is 0 Å². The van der Waals surface area contributed by atoms with Gasteiger partial charge in [0.15, 0.2) is 0 Å². The Balaban J connectivity index is 1.43. The summed E-state index contributed by atoms with van der Waals surface area (Å²) >= 11 is 0. The molecule has 2 aromatic rings. The first-order valence-corrected chi connectivity index (χ1v) is 9.32. The van der Waals surface area contributed by atoms with Gasteiger partial charge in [0.2, 0.25) is 0 Å². The molecule has 0 aliphatic carbocycles. The fourth-order valence-electron chi connectivity index (χ4n) is 3.92. The molecule has 5 nitrogen and oxygen atoms in total. The Labute approximate surface area is 154 Å². The highest BCUT2D eigenvalue weighted by molar-refractivity contribution is 5.94. The van der Waals surface area contributed by atoms with Crippen molar-refractivity contribution in [1.29, 1.82) is 0 Å². The van der Waals surface area contributed by atoms with E-state index >= 15 is 0 Å². The van der Waals surface area contributed by atoms with Crippen LogP contribution in [0.3, 0.4) is 0 Å². The van der Waals surface area contributed by atoms with Crippen molar-refractivity contribution in [2.24, 2.45) is 0 Å². The number of carbonyl (C=O) groups excluding carboxylic acids is 1. The van der Waals surface area contributed by atoms with Crippen LogP contribution in [0, 0.1) is 0 Å². The summed E-state index contributed by atoms with van der Waals surface area (Å²) in [6, 6.07) is 9.78. The van der Waals surface area contributed by atoms with E-state index in [2.05, 4.69) is 18.1 Å². The lowest BCUT2D eigenvalue weighted by Gasteiger charge is -2.42. The summed E-state index contributed by atoms with van der Waals surface area (Å²) in [6.45, 7) is 5.13. The maximum absolute atomic E-state index is 12.9. The predicted molar refractivity (Wildman–Crippen MR) is 100.0 cm³/mol. The van der Waals surface area contributed by atoms with Crippen molar-refractivity contribution in [1.82, 2.24) is 14.7 Å². The average Bonchev–Trinajstić information content (AvgIpc) is 3.15. The molecule has 1 aromatic heterocycles. The van der Waals surface area contributed by atoms with Crippen molar-refractivity contribution >= 4 is 5.91 Å². The monoisotopic (exact) mass is 351 g/mol. The second-order valence-electron chi connectivity index (χ2n) is 7.35. The fourth-order valence-corrected chi connectivity index (χ4v) is 3.92. The molecule has 4 rings (SSSR count). The van der Waals surface area contributed by atoms with Crippen LogP contribution in [0.1, 0.15) is 42.1 Å². The SMILES string of the molecule is CC1=CC2(CCN(C(=O)c3cccc(Cn4cccn4)c3)CC2)OCC1. The van der Waals surface area contributed by atoms with E-state index < -0.39 is 0 Å². The Morgan fingerprint density at radius 2 is 2.12 bits per heavy atom. The van der Waals surface area contributed by atoms with Crippen LogP contribution in [0.5, 0.6) is 0 Å². The topological polar surface area (TPSA) is 47.4 Å². The smallest absolute Gasteiger partial charge is 0.253 e. The van der Waals surface area contributed by atoms with E-state index in [1.165, 1.54) is 5.57 Å². The molecule has 1 fully saturated rings. The first-order valence-electron chi connectivity index (χ1n) is 9.32. The highest BCUT2D eigenvalue weighted by Crippen LogP contribution is 2.33. The number of piperidine rings is 1. The standard InChI is InChI=1S/C21H25N3O2/c1-17-6-13-26-21(15-17)7-11-23(12-8-21)20(25)19-5-2-4-18(14-19)16-24-10-3-9-22-24/h2-5,9-10,14-15H,6-8,11-13,16H2,1H3. The zero-order chi connectivity index (χ0) is 18.0. The van der Waals surface area contributed by atoms with E-state index in [1.807, 2.05) is 46.1 Å². The van der Waals surface area contributed by atoms with Crippen LogP contribution in [0.25, 0.3) is 0 Å². The van der Waals surface area contributed by atoms with Crippen molar-refractivity contribution in [2.45, 2.75) is 38.3 Å². The molecule has 0 bridgehead atoms. The zero-order valence-corrected chi connectivity index (χ0v) is 15.2. The zero-order valence-electron chi connectivity index (χ0n) is 15.2. The lowest BCUT2D eigenvalue weighted by molar-refractivity contribution is -0.0522. The maximum Gasteiger partial charge on any atom is 0.253 e. The molecular weight excluding hydrogens is 326 g/mol. The summed E-state index contributed by atoms with van der Waals surface area (Å²) in [5.74, 6) is 0.110. The normalized spacial score (nSPS) is 19.4. The number of ether oxygens (including phenoxy) is 1.